The van der Waals surface area contributed by atoms with Gasteiger partial charge in [-0.3, -0.25) is 14.9 Å². The molecule has 0 fully saturated rings. The fraction of sp³-hybridized carbons (Fsp3) is 0.192. The topological polar surface area (TPSA) is 109 Å². The molecule has 3 aromatic carbocycles. The summed E-state index contributed by atoms with van der Waals surface area (Å²) in [5.74, 6) is 0.664. The second kappa shape index (κ2) is 10.7. The number of aryl methyl sites for hydroxylation is 2. The molecule has 0 aliphatic carbocycles. The Morgan fingerprint density at radius 1 is 1.19 bits per heavy atom. The molecule has 0 N–H and O–H groups in total. The first-order valence-corrected chi connectivity index (χ1v) is 11.9. The number of hydrogen-bond donors (Lipinski definition) is 0. The highest BCUT2D eigenvalue weighted by molar-refractivity contribution is 9.10. The number of methoxy groups -OCH3 is 1. The van der Waals surface area contributed by atoms with Gasteiger partial charge in [0.05, 0.1) is 29.2 Å². The fourth-order valence-corrected chi connectivity index (χ4v) is 4.10. The van der Waals surface area contributed by atoms with E-state index in [9.17, 15) is 14.9 Å². The first kappa shape index (κ1) is 25.1. The number of aromatic nitrogens is 2. The number of hydrogen-bond acceptors (Lipinski definition) is 7. The Hall–Kier alpha value is -4.05. The minimum atomic E-state index is -0.538. The maximum absolute atomic E-state index is 13.1. The van der Waals surface area contributed by atoms with Crippen LogP contribution in [0.1, 0.15) is 29.4 Å². The summed E-state index contributed by atoms with van der Waals surface area (Å²) in [5.41, 5.74) is 2.25. The Kier molecular flexibility index (Phi) is 7.44. The minimum Gasteiger partial charge on any atom is -0.493 e. The molecule has 1 heterocycles. The zero-order chi connectivity index (χ0) is 25.8. The standard InChI is InChI=1S/C26H23BrN4O5/c1-4-24-29-21-9-8-19(27)13-20(21)26(32)30(24)28-14-18-11-22(31(33)34)25(23(12-18)35-3)36-15-17-7-5-6-16(2)10-17/h5-14H,4,15H2,1-3H3. The lowest BCUT2D eigenvalue weighted by molar-refractivity contribution is -0.386. The Morgan fingerprint density at radius 2 is 2.00 bits per heavy atom. The molecule has 10 heteroatoms. The smallest absolute Gasteiger partial charge is 0.315 e. The Balaban J connectivity index is 1.73. The van der Waals surface area contributed by atoms with E-state index < -0.39 is 4.92 Å². The van der Waals surface area contributed by atoms with Gasteiger partial charge in [-0.25, -0.2) is 4.98 Å². The minimum absolute atomic E-state index is 0.0183. The van der Waals surface area contributed by atoms with Crippen LogP contribution < -0.4 is 15.0 Å². The van der Waals surface area contributed by atoms with E-state index in [2.05, 4.69) is 26.0 Å². The number of halogens is 1. The molecular formula is C26H23BrN4O5. The van der Waals surface area contributed by atoms with E-state index in [1.165, 1.54) is 24.1 Å². The number of nitrogens with zero attached hydrogens (tertiary/aromatic N) is 4. The highest BCUT2D eigenvalue weighted by Gasteiger charge is 2.22. The molecule has 0 aliphatic rings. The first-order valence-electron chi connectivity index (χ1n) is 11.1. The fourth-order valence-electron chi connectivity index (χ4n) is 3.74. The van der Waals surface area contributed by atoms with Crippen LogP contribution in [0.3, 0.4) is 0 Å². The van der Waals surface area contributed by atoms with Gasteiger partial charge in [0.15, 0.2) is 5.75 Å². The Labute approximate surface area is 215 Å². The van der Waals surface area contributed by atoms with Gasteiger partial charge < -0.3 is 9.47 Å². The molecule has 0 atom stereocenters. The van der Waals surface area contributed by atoms with Gasteiger partial charge in [0.1, 0.15) is 12.4 Å². The number of rotatable bonds is 8. The molecule has 9 nitrogen and oxygen atoms in total. The van der Waals surface area contributed by atoms with Gasteiger partial charge in [-0.05, 0) is 36.8 Å². The van der Waals surface area contributed by atoms with Crippen molar-refractivity contribution >= 4 is 38.7 Å². The summed E-state index contributed by atoms with van der Waals surface area (Å²) in [6.07, 6.45) is 1.83. The van der Waals surface area contributed by atoms with E-state index in [0.717, 1.165) is 15.6 Å². The van der Waals surface area contributed by atoms with Crippen molar-refractivity contribution in [1.82, 2.24) is 9.66 Å². The summed E-state index contributed by atoms with van der Waals surface area (Å²) in [7, 11) is 1.41. The van der Waals surface area contributed by atoms with Crippen molar-refractivity contribution in [2.45, 2.75) is 26.9 Å². The van der Waals surface area contributed by atoms with Crippen molar-refractivity contribution < 1.29 is 14.4 Å². The van der Waals surface area contributed by atoms with Gasteiger partial charge in [0, 0.05) is 22.5 Å². The summed E-state index contributed by atoms with van der Waals surface area (Å²) in [6, 6.07) is 15.8. The van der Waals surface area contributed by atoms with Crippen molar-refractivity contribution in [3.8, 4) is 11.5 Å². The summed E-state index contributed by atoms with van der Waals surface area (Å²) in [6.45, 7) is 3.96. The summed E-state index contributed by atoms with van der Waals surface area (Å²) in [4.78, 5) is 29.0. The van der Waals surface area contributed by atoms with E-state index >= 15 is 0 Å². The predicted molar refractivity (Wildman–Crippen MR) is 141 cm³/mol. The lowest BCUT2D eigenvalue weighted by atomic mass is 10.1. The van der Waals surface area contributed by atoms with E-state index in [1.54, 1.807) is 18.2 Å². The molecule has 36 heavy (non-hydrogen) atoms. The molecule has 0 aliphatic heterocycles. The first-order chi connectivity index (χ1) is 17.3. The lowest BCUT2D eigenvalue weighted by Crippen LogP contribution is -2.22. The van der Waals surface area contributed by atoms with Crippen molar-refractivity contribution in [3.05, 3.63) is 102 Å². The molecule has 0 unspecified atom stereocenters. The SMILES string of the molecule is CCc1nc2ccc(Br)cc2c(=O)n1N=Cc1cc(OC)c(OCc2cccc(C)c2)c([N+](=O)[O-])c1. The van der Waals surface area contributed by atoms with Gasteiger partial charge in [0.25, 0.3) is 5.56 Å². The highest BCUT2D eigenvalue weighted by atomic mass is 79.9. The Morgan fingerprint density at radius 3 is 2.69 bits per heavy atom. The van der Waals surface area contributed by atoms with Crippen LogP contribution in [0, 0.1) is 17.0 Å². The van der Waals surface area contributed by atoms with Gasteiger partial charge in [-0.15, -0.1) is 0 Å². The zero-order valence-electron chi connectivity index (χ0n) is 19.9. The normalized spacial score (nSPS) is 11.2. The number of benzene rings is 3. The van der Waals surface area contributed by atoms with Crippen molar-refractivity contribution in [1.29, 1.82) is 0 Å². The summed E-state index contributed by atoms with van der Waals surface area (Å²) < 4.78 is 13.2. The van der Waals surface area contributed by atoms with Crippen LogP contribution in [-0.4, -0.2) is 27.9 Å². The highest BCUT2D eigenvalue weighted by Crippen LogP contribution is 2.38. The number of nitro benzene ring substituents is 1. The maximum atomic E-state index is 13.1. The van der Waals surface area contributed by atoms with E-state index in [-0.39, 0.29) is 29.4 Å². The van der Waals surface area contributed by atoms with Crippen LogP contribution in [0.4, 0.5) is 5.69 Å². The average molecular weight is 551 g/mol. The molecule has 4 rings (SSSR count). The van der Waals surface area contributed by atoms with Crippen LogP contribution in [0.2, 0.25) is 0 Å². The average Bonchev–Trinajstić information content (AvgIpc) is 2.86. The van der Waals surface area contributed by atoms with Crippen LogP contribution >= 0.6 is 15.9 Å². The van der Waals surface area contributed by atoms with Crippen molar-refractivity contribution in [2.75, 3.05) is 7.11 Å². The van der Waals surface area contributed by atoms with E-state index in [4.69, 9.17) is 9.47 Å². The quantitative estimate of drug-likeness (QED) is 0.165. The monoisotopic (exact) mass is 550 g/mol. The van der Waals surface area contributed by atoms with E-state index in [0.29, 0.717) is 28.7 Å². The number of nitro groups is 1. The molecular weight excluding hydrogens is 528 g/mol. The van der Waals surface area contributed by atoms with Gasteiger partial charge in [-0.1, -0.05) is 52.7 Å². The zero-order valence-corrected chi connectivity index (χ0v) is 21.5. The lowest BCUT2D eigenvalue weighted by Gasteiger charge is -2.12. The Bertz CT molecular complexity index is 1550. The second-order valence-electron chi connectivity index (χ2n) is 8.01. The maximum Gasteiger partial charge on any atom is 0.315 e. The molecule has 0 saturated heterocycles. The van der Waals surface area contributed by atoms with E-state index in [1.807, 2.05) is 44.2 Å². The second-order valence-corrected chi connectivity index (χ2v) is 8.93. The van der Waals surface area contributed by atoms with Gasteiger partial charge in [-0.2, -0.15) is 9.78 Å². The molecule has 184 valence electrons. The third-order valence-corrected chi connectivity index (χ3v) is 5.95. The molecule has 0 radical (unpaired) electrons. The van der Waals surface area contributed by atoms with Crippen molar-refractivity contribution in [2.24, 2.45) is 5.10 Å². The number of ether oxygens (including phenoxy) is 2. The molecule has 4 aromatic rings. The van der Waals surface area contributed by atoms with Crippen LogP contribution in [0.25, 0.3) is 10.9 Å². The van der Waals surface area contributed by atoms with Crippen LogP contribution in [-0.2, 0) is 13.0 Å². The van der Waals surface area contributed by atoms with Crippen LogP contribution in [0.15, 0.2) is 69.0 Å². The third kappa shape index (κ3) is 5.28. The molecule has 0 bridgehead atoms. The van der Waals surface area contributed by atoms with Gasteiger partial charge >= 0.3 is 5.69 Å². The molecule has 0 amide bonds. The summed E-state index contributed by atoms with van der Waals surface area (Å²) in [5, 5.41) is 16.6. The third-order valence-electron chi connectivity index (χ3n) is 5.45. The molecule has 0 saturated carbocycles. The molecule has 1 aromatic heterocycles. The van der Waals surface area contributed by atoms with Crippen LogP contribution in [0.5, 0.6) is 11.5 Å². The molecule has 0 spiro atoms. The number of fused-ring (bicyclic) bond motifs is 1. The van der Waals surface area contributed by atoms with Crippen molar-refractivity contribution in [3.63, 3.8) is 0 Å². The summed E-state index contributed by atoms with van der Waals surface area (Å²) >= 11 is 3.37. The largest absolute Gasteiger partial charge is 0.493 e. The predicted octanol–water partition coefficient (Wildman–Crippen LogP) is 5.41. The van der Waals surface area contributed by atoms with Gasteiger partial charge in [0.2, 0.25) is 5.75 Å².